The molecule has 156 valence electrons. The quantitative estimate of drug-likeness (QED) is 0.531. The Labute approximate surface area is 182 Å². The number of carbonyl (C=O) groups is 4. The van der Waals surface area contributed by atoms with Crippen molar-refractivity contribution in [1.82, 2.24) is 4.90 Å². The number of hydrogen-bond acceptors (Lipinski definition) is 5. The molecule has 0 spiro atoms. The Balaban J connectivity index is 1.64. The first-order valence-electron chi connectivity index (χ1n) is 9.09. The number of nitrogens with zero attached hydrogens (tertiary/aromatic N) is 1. The molecule has 0 radical (unpaired) electrons. The molecule has 1 N–H and O–H groups in total. The maximum absolute atomic E-state index is 12.5. The summed E-state index contributed by atoms with van der Waals surface area (Å²) >= 11 is 11.7. The van der Waals surface area contributed by atoms with E-state index in [9.17, 15) is 19.2 Å². The highest BCUT2D eigenvalue weighted by atomic mass is 35.5. The standard InChI is InChI=1S/C21H18Cl2N2O5/c1-11(2)9-25-19(27)16-4-3-12(5-17(16)20(25)28)21(29)30-10-18(26)24-15-7-13(22)6-14(23)8-15/h3-8,11H,9-10H2,1-2H3,(H,24,26). The maximum Gasteiger partial charge on any atom is 0.338 e. The average molecular weight is 449 g/mol. The number of anilines is 1. The zero-order valence-electron chi connectivity index (χ0n) is 16.2. The van der Waals surface area contributed by atoms with Crippen molar-refractivity contribution >= 4 is 52.6 Å². The van der Waals surface area contributed by atoms with E-state index in [0.29, 0.717) is 22.3 Å². The van der Waals surface area contributed by atoms with Crippen molar-refractivity contribution < 1.29 is 23.9 Å². The van der Waals surface area contributed by atoms with Gasteiger partial charge in [0.2, 0.25) is 0 Å². The molecule has 0 aromatic heterocycles. The largest absolute Gasteiger partial charge is 0.452 e. The molecule has 7 nitrogen and oxygen atoms in total. The lowest BCUT2D eigenvalue weighted by Crippen LogP contribution is -2.33. The first kappa shape index (κ1) is 21.8. The van der Waals surface area contributed by atoms with E-state index < -0.39 is 24.4 Å². The van der Waals surface area contributed by atoms with E-state index in [0.717, 1.165) is 4.90 Å². The molecule has 1 aliphatic rings. The summed E-state index contributed by atoms with van der Waals surface area (Å²) in [6.07, 6.45) is 0. The molecule has 3 rings (SSSR count). The Morgan fingerprint density at radius 3 is 2.27 bits per heavy atom. The number of halogens is 2. The van der Waals surface area contributed by atoms with Gasteiger partial charge in [0.15, 0.2) is 6.61 Å². The zero-order valence-corrected chi connectivity index (χ0v) is 17.7. The van der Waals surface area contributed by atoms with Gasteiger partial charge in [0.1, 0.15) is 0 Å². The normalized spacial score (nSPS) is 12.9. The van der Waals surface area contributed by atoms with E-state index in [4.69, 9.17) is 27.9 Å². The van der Waals surface area contributed by atoms with Crippen LogP contribution in [-0.2, 0) is 9.53 Å². The third-order valence-electron chi connectivity index (χ3n) is 4.23. The molecule has 2 aromatic rings. The number of ether oxygens (including phenoxy) is 1. The van der Waals surface area contributed by atoms with Crippen LogP contribution in [0.2, 0.25) is 10.0 Å². The number of amides is 3. The van der Waals surface area contributed by atoms with Crippen LogP contribution in [0.4, 0.5) is 5.69 Å². The number of benzene rings is 2. The molecule has 0 atom stereocenters. The molecule has 0 saturated carbocycles. The highest BCUT2D eigenvalue weighted by molar-refractivity contribution is 6.35. The second-order valence-electron chi connectivity index (χ2n) is 7.16. The third-order valence-corrected chi connectivity index (χ3v) is 4.67. The smallest absolute Gasteiger partial charge is 0.338 e. The van der Waals surface area contributed by atoms with Crippen LogP contribution >= 0.6 is 23.2 Å². The lowest BCUT2D eigenvalue weighted by atomic mass is 10.1. The topological polar surface area (TPSA) is 92.8 Å². The van der Waals surface area contributed by atoms with E-state index in [1.54, 1.807) is 0 Å². The number of hydrogen-bond donors (Lipinski definition) is 1. The van der Waals surface area contributed by atoms with Crippen molar-refractivity contribution in [1.29, 1.82) is 0 Å². The molecule has 0 saturated heterocycles. The lowest BCUT2D eigenvalue weighted by Gasteiger charge is -2.15. The van der Waals surface area contributed by atoms with Gasteiger partial charge in [0, 0.05) is 22.3 Å². The first-order chi connectivity index (χ1) is 14.2. The third kappa shape index (κ3) is 4.80. The van der Waals surface area contributed by atoms with Crippen LogP contribution < -0.4 is 5.32 Å². The van der Waals surface area contributed by atoms with Gasteiger partial charge in [0.25, 0.3) is 17.7 Å². The van der Waals surface area contributed by atoms with Crippen molar-refractivity contribution in [2.45, 2.75) is 13.8 Å². The summed E-state index contributed by atoms with van der Waals surface area (Å²) in [5.74, 6) is -2.10. The van der Waals surface area contributed by atoms with Crippen molar-refractivity contribution in [2.24, 2.45) is 5.92 Å². The SMILES string of the molecule is CC(C)CN1C(=O)c2ccc(C(=O)OCC(=O)Nc3cc(Cl)cc(Cl)c3)cc2C1=O. The molecule has 2 aromatic carbocycles. The summed E-state index contributed by atoms with van der Waals surface area (Å²) in [7, 11) is 0. The maximum atomic E-state index is 12.5. The van der Waals surface area contributed by atoms with Crippen LogP contribution in [0.5, 0.6) is 0 Å². The molecule has 0 fully saturated rings. The van der Waals surface area contributed by atoms with Gasteiger partial charge in [-0.2, -0.15) is 0 Å². The number of rotatable bonds is 6. The Bertz CT molecular complexity index is 1030. The predicted octanol–water partition coefficient (Wildman–Crippen LogP) is 4.04. The lowest BCUT2D eigenvalue weighted by molar-refractivity contribution is -0.119. The van der Waals surface area contributed by atoms with Crippen molar-refractivity contribution in [3.05, 3.63) is 63.1 Å². The summed E-state index contributed by atoms with van der Waals surface area (Å²) in [5, 5.41) is 3.21. The number of carbonyl (C=O) groups excluding carboxylic acids is 4. The number of esters is 1. The molecule has 3 amide bonds. The van der Waals surface area contributed by atoms with Crippen LogP contribution in [0.25, 0.3) is 0 Å². The van der Waals surface area contributed by atoms with Gasteiger partial charge in [-0.15, -0.1) is 0 Å². The van der Waals surface area contributed by atoms with E-state index in [-0.39, 0.29) is 28.5 Å². The Morgan fingerprint density at radius 1 is 1.00 bits per heavy atom. The van der Waals surface area contributed by atoms with E-state index >= 15 is 0 Å². The van der Waals surface area contributed by atoms with Gasteiger partial charge < -0.3 is 10.1 Å². The van der Waals surface area contributed by atoms with Crippen molar-refractivity contribution in [2.75, 3.05) is 18.5 Å². The Kier molecular flexibility index (Phi) is 6.43. The number of fused-ring (bicyclic) bond motifs is 1. The zero-order chi connectivity index (χ0) is 22.0. The number of nitrogens with one attached hydrogen (secondary N) is 1. The van der Waals surface area contributed by atoms with E-state index in [2.05, 4.69) is 5.32 Å². The highest BCUT2D eigenvalue weighted by Crippen LogP contribution is 2.25. The fourth-order valence-electron chi connectivity index (χ4n) is 2.99. The molecule has 0 aliphatic carbocycles. The van der Waals surface area contributed by atoms with E-state index in [1.165, 1.54) is 36.4 Å². The minimum Gasteiger partial charge on any atom is -0.452 e. The molecule has 1 aliphatic heterocycles. The van der Waals surface area contributed by atoms with Gasteiger partial charge in [-0.3, -0.25) is 19.3 Å². The first-order valence-corrected chi connectivity index (χ1v) is 9.84. The molecule has 0 unspecified atom stereocenters. The second kappa shape index (κ2) is 8.85. The van der Waals surface area contributed by atoms with Gasteiger partial charge in [0.05, 0.1) is 16.7 Å². The molecule has 1 heterocycles. The fraction of sp³-hybridized carbons (Fsp3) is 0.238. The van der Waals surface area contributed by atoms with Gasteiger partial charge >= 0.3 is 5.97 Å². The Morgan fingerprint density at radius 2 is 1.63 bits per heavy atom. The molecule has 0 bridgehead atoms. The number of imide groups is 1. The van der Waals surface area contributed by atoms with E-state index in [1.807, 2.05) is 13.8 Å². The second-order valence-corrected chi connectivity index (χ2v) is 8.03. The van der Waals surface area contributed by atoms with Gasteiger partial charge in [-0.05, 0) is 42.3 Å². The molecule has 30 heavy (non-hydrogen) atoms. The molecular weight excluding hydrogens is 431 g/mol. The van der Waals surface area contributed by atoms with Crippen LogP contribution in [0, 0.1) is 5.92 Å². The predicted molar refractivity (Wildman–Crippen MR) is 112 cm³/mol. The monoisotopic (exact) mass is 448 g/mol. The summed E-state index contributed by atoms with van der Waals surface area (Å²) in [5.41, 5.74) is 0.821. The molecular formula is C21H18Cl2N2O5. The fourth-order valence-corrected chi connectivity index (χ4v) is 3.51. The summed E-state index contributed by atoms with van der Waals surface area (Å²) in [4.78, 5) is 50.4. The van der Waals surface area contributed by atoms with Gasteiger partial charge in [-0.25, -0.2) is 4.79 Å². The van der Waals surface area contributed by atoms with Crippen molar-refractivity contribution in [3.8, 4) is 0 Å². The average Bonchev–Trinajstić information content (AvgIpc) is 2.89. The minimum absolute atomic E-state index is 0.0693. The van der Waals surface area contributed by atoms with Gasteiger partial charge in [-0.1, -0.05) is 37.0 Å². The summed E-state index contributed by atoms with van der Waals surface area (Å²) in [6, 6.07) is 8.63. The summed E-state index contributed by atoms with van der Waals surface area (Å²) < 4.78 is 5.01. The minimum atomic E-state index is -0.792. The van der Waals surface area contributed by atoms with Crippen LogP contribution in [0.1, 0.15) is 44.9 Å². The summed E-state index contributed by atoms with van der Waals surface area (Å²) in [6.45, 7) is 3.54. The van der Waals surface area contributed by atoms with Crippen LogP contribution in [-0.4, -0.2) is 41.7 Å². The van der Waals surface area contributed by atoms with Crippen molar-refractivity contribution in [3.63, 3.8) is 0 Å². The Hall–Kier alpha value is -2.90. The van der Waals surface area contributed by atoms with Crippen LogP contribution in [0.3, 0.4) is 0 Å². The highest BCUT2D eigenvalue weighted by Gasteiger charge is 2.36. The van der Waals surface area contributed by atoms with Crippen LogP contribution in [0.15, 0.2) is 36.4 Å². The molecule has 9 heteroatoms.